The number of nitrogens with one attached hydrogen (secondary N) is 1. The highest BCUT2D eigenvalue weighted by atomic mass is 35.5. The second kappa shape index (κ2) is 8.87. The molecule has 0 bridgehead atoms. The molecule has 0 aliphatic carbocycles. The molecule has 0 radical (unpaired) electrons. The van der Waals surface area contributed by atoms with Crippen LogP contribution in [0, 0.1) is 0 Å². The van der Waals surface area contributed by atoms with Crippen LogP contribution < -0.4 is 10.2 Å². The van der Waals surface area contributed by atoms with Crippen LogP contribution >= 0.6 is 11.6 Å². The van der Waals surface area contributed by atoms with Crippen molar-refractivity contribution in [2.75, 3.05) is 31.1 Å². The van der Waals surface area contributed by atoms with Crippen molar-refractivity contribution in [3.63, 3.8) is 0 Å². The van der Waals surface area contributed by atoms with E-state index in [1.54, 1.807) is 12.1 Å². The Bertz CT molecular complexity index is 887. The molecule has 2 amide bonds. The standard InChI is InChI=1S/C23H26ClN3O2/c24-20-9-3-1-7-18(20)22(28)25-17-11-15-26(16-12-17)21-10-4-2-8-19(21)23(29)27-13-5-6-14-27/h1-4,7-10,17H,5-6,11-16H2,(H,25,28). The molecule has 2 aromatic carbocycles. The topological polar surface area (TPSA) is 52.7 Å². The van der Waals surface area contributed by atoms with Crippen LogP contribution in [0.5, 0.6) is 0 Å². The van der Waals surface area contributed by atoms with Gasteiger partial charge in [0.1, 0.15) is 0 Å². The molecule has 6 heteroatoms. The number of hydrogen-bond donors (Lipinski definition) is 1. The van der Waals surface area contributed by atoms with Crippen LogP contribution in [-0.4, -0.2) is 48.9 Å². The minimum absolute atomic E-state index is 0.108. The van der Waals surface area contributed by atoms with E-state index in [2.05, 4.69) is 10.2 Å². The van der Waals surface area contributed by atoms with Crippen molar-refractivity contribution in [1.29, 1.82) is 0 Å². The molecule has 152 valence electrons. The van der Waals surface area contributed by atoms with Crippen molar-refractivity contribution in [3.8, 4) is 0 Å². The predicted octanol–water partition coefficient (Wildman–Crippen LogP) is 3.97. The van der Waals surface area contributed by atoms with E-state index < -0.39 is 0 Å². The van der Waals surface area contributed by atoms with Crippen LogP contribution in [0.3, 0.4) is 0 Å². The van der Waals surface area contributed by atoms with Gasteiger partial charge in [0.15, 0.2) is 0 Å². The Kier molecular flexibility index (Phi) is 6.05. The molecular weight excluding hydrogens is 386 g/mol. The van der Waals surface area contributed by atoms with Crippen molar-refractivity contribution in [2.45, 2.75) is 31.7 Å². The third kappa shape index (κ3) is 4.40. The van der Waals surface area contributed by atoms with Crippen LogP contribution in [0.25, 0.3) is 0 Å². The summed E-state index contributed by atoms with van der Waals surface area (Å²) >= 11 is 6.14. The maximum atomic E-state index is 12.9. The highest BCUT2D eigenvalue weighted by Crippen LogP contribution is 2.27. The lowest BCUT2D eigenvalue weighted by Crippen LogP contribution is -2.45. The molecule has 5 nitrogen and oxygen atoms in total. The van der Waals surface area contributed by atoms with Gasteiger partial charge < -0.3 is 15.1 Å². The fourth-order valence-electron chi connectivity index (χ4n) is 4.19. The molecular formula is C23H26ClN3O2. The van der Waals surface area contributed by atoms with Crippen LogP contribution in [0.4, 0.5) is 5.69 Å². The van der Waals surface area contributed by atoms with Crippen LogP contribution in [0.2, 0.25) is 5.02 Å². The molecule has 2 heterocycles. The van der Waals surface area contributed by atoms with Gasteiger partial charge >= 0.3 is 0 Å². The molecule has 2 fully saturated rings. The Balaban J connectivity index is 1.39. The van der Waals surface area contributed by atoms with E-state index in [1.807, 2.05) is 41.3 Å². The third-order valence-corrected chi connectivity index (χ3v) is 6.15. The highest BCUT2D eigenvalue weighted by Gasteiger charge is 2.27. The fourth-order valence-corrected chi connectivity index (χ4v) is 4.42. The highest BCUT2D eigenvalue weighted by molar-refractivity contribution is 6.33. The molecule has 2 aliphatic heterocycles. The number of rotatable bonds is 4. The number of carbonyl (C=O) groups excluding carboxylic acids is 2. The quantitative estimate of drug-likeness (QED) is 0.828. The SMILES string of the molecule is O=C(NC1CCN(c2ccccc2C(=O)N2CCCC2)CC1)c1ccccc1Cl. The first-order valence-corrected chi connectivity index (χ1v) is 10.7. The molecule has 1 N–H and O–H groups in total. The van der Waals surface area contributed by atoms with Gasteiger partial charge in [-0.05, 0) is 49.9 Å². The van der Waals surface area contributed by atoms with Crippen LogP contribution in [0.1, 0.15) is 46.4 Å². The first kappa shape index (κ1) is 19.8. The zero-order chi connectivity index (χ0) is 20.2. The minimum Gasteiger partial charge on any atom is -0.371 e. The largest absolute Gasteiger partial charge is 0.371 e. The smallest absolute Gasteiger partial charge is 0.255 e. The fraction of sp³-hybridized carbons (Fsp3) is 0.391. The average Bonchev–Trinajstić information content (AvgIpc) is 3.29. The second-order valence-corrected chi connectivity index (χ2v) is 8.14. The molecule has 2 aromatic rings. The van der Waals surface area contributed by atoms with Gasteiger partial charge in [0.2, 0.25) is 0 Å². The number of nitrogens with zero attached hydrogens (tertiary/aromatic N) is 2. The van der Waals surface area contributed by atoms with E-state index >= 15 is 0 Å². The molecule has 29 heavy (non-hydrogen) atoms. The summed E-state index contributed by atoms with van der Waals surface area (Å²) in [5.41, 5.74) is 2.30. The third-order valence-electron chi connectivity index (χ3n) is 5.82. The lowest BCUT2D eigenvalue weighted by Gasteiger charge is -2.35. The van der Waals surface area contributed by atoms with E-state index in [0.29, 0.717) is 10.6 Å². The number of halogens is 1. The van der Waals surface area contributed by atoms with Gasteiger partial charge in [-0.1, -0.05) is 35.9 Å². The normalized spacial score (nSPS) is 17.4. The van der Waals surface area contributed by atoms with E-state index in [1.165, 1.54) is 0 Å². The van der Waals surface area contributed by atoms with Crippen molar-refractivity contribution in [2.24, 2.45) is 0 Å². The number of carbonyl (C=O) groups is 2. The van der Waals surface area contributed by atoms with Crippen LogP contribution in [-0.2, 0) is 0 Å². The number of para-hydroxylation sites is 1. The molecule has 0 saturated carbocycles. The molecule has 2 aliphatic rings. The zero-order valence-electron chi connectivity index (χ0n) is 16.4. The molecule has 2 saturated heterocycles. The number of piperidine rings is 1. The van der Waals surface area contributed by atoms with Gasteiger partial charge in [-0.25, -0.2) is 0 Å². The Morgan fingerprint density at radius 2 is 1.48 bits per heavy atom. The lowest BCUT2D eigenvalue weighted by atomic mass is 10.0. The Hall–Kier alpha value is -2.53. The Morgan fingerprint density at radius 1 is 0.862 bits per heavy atom. The summed E-state index contributed by atoms with van der Waals surface area (Å²) in [7, 11) is 0. The van der Waals surface area contributed by atoms with Gasteiger partial charge in [-0.2, -0.15) is 0 Å². The summed E-state index contributed by atoms with van der Waals surface area (Å²) < 4.78 is 0. The number of anilines is 1. The summed E-state index contributed by atoms with van der Waals surface area (Å²) in [6, 6.07) is 15.1. The van der Waals surface area contributed by atoms with Crippen LogP contribution in [0.15, 0.2) is 48.5 Å². The average molecular weight is 412 g/mol. The van der Waals surface area contributed by atoms with E-state index in [-0.39, 0.29) is 17.9 Å². The summed E-state index contributed by atoms with van der Waals surface area (Å²) in [5.74, 6) is 0.00547. The van der Waals surface area contributed by atoms with Crippen molar-refractivity contribution in [3.05, 3.63) is 64.7 Å². The summed E-state index contributed by atoms with van der Waals surface area (Å²) in [4.78, 5) is 29.7. The monoisotopic (exact) mass is 411 g/mol. The van der Waals surface area contributed by atoms with Crippen molar-refractivity contribution < 1.29 is 9.59 Å². The van der Waals surface area contributed by atoms with E-state index in [0.717, 1.165) is 63.1 Å². The van der Waals surface area contributed by atoms with Gasteiger partial charge in [0.25, 0.3) is 11.8 Å². The number of amides is 2. The van der Waals surface area contributed by atoms with Gasteiger partial charge in [-0.3, -0.25) is 9.59 Å². The van der Waals surface area contributed by atoms with E-state index in [9.17, 15) is 9.59 Å². The first-order chi connectivity index (χ1) is 14.1. The molecule has 4 rings (SSSR count). The minimum atomic E-state index is -0.126. The second-order valence-electron chi connectivity index (χ2n) is 7.73. The number of hydrogen-bond acceptors (Lipinski definition) is 3. The summed E-state index contributed by atoms with van der Waals surface area (Å²) in [6.07, 6.45) is 3.85. The number of likely N-dealkylation sites (tertiary alicyclic amines) is 1. The van der Waals surface area contributed by atoms with Gasteiger partial charge in [-0.15, -0.1) is 0 Å². The lowest BCUT2D eigenvalue weighted by molar-refractivity contribution is 0.0793. The molecule has 0 aromatic heterocycles. The summed E-state index contributed by atoms with van der Waals surface area (Å²) in [6.45, 7) is 3.31. The maximum absolute atomic E-state index is 12.9. The Labute approximate surface area is 176 Å². The Morgan fingerprint density at radius 3 is 2.17 bits per heavy atom. The van der Waals surface area contributed by atoms with Gasteiger partial charge in [0.05, 0.1) is 16.1 Å². The van der Waals surface area contributed by atoms with E-state index in [4.69, 9.17) is 11.6 Å². The van der Waals surface area contributed by atoms with Gasteiger partial charge in [0, 0.05) is 37.9 Å². The zero-order valence-corrected chi connectivity index (χ0v) is 17.2. The first-order valence-electron chi connectivity index (χ1n) is 10.3. The maximum Gasteiger partial charge on any atom is 0.255 e. The molecule has 0 spiro atoms. The summed E-state index contributed by atoms with van der Waals surface area (Å²) in [5, 5.41) is 3.57. The molecule has 0 atom stereocenters. The van der Waals surface area contributed by atoms with Crippen molar-refractivity contribution >= 4 is 29.1 Å². The van der Waals surface area contributed by atoms with Crippen molar-refractivity contribution in [1.82, 2.24) is 10.2 Å². The molecule has 0 unspecified atom stereocenters. The predicted molar refractivity (Wildman–Crippen MR) is 116 cm³/mol. The number of benzene rings is 2.